The van der Waals surface area contributed by atoms with Gasteiger partial charge in [0.05, 0.1) is 11.3 Å². The van der Waals surface area contributed by atoms with E-state index in [1.54, 1.807) is 12.1 Å². The summed E-state index contributed by atoms with van der Waals surface area (Å²) >= 11 is 1.46. The Morgan fingerprint density at radius 2 is 2.00 bits per heavy atom. The predicted molar refractivity (Wildman–Crippen MR) is 92.8 cm³/mol. The first kappa shape index (κ1) is 14.8. The number of ether oxygens (including phenoxy) is 1. The molecule has 1 fully saturated rings. The number of rotatable bonds is 5. The summed E-state index contributed by atoms with van der Waals surface area (Å²) in [7, 11) is 0. The number of pyridine rings is 1. The molecule has 0 atom stereocenters. The van der Waals surface area contributed by atoms with Crippen LogP contribution in [0.5, 0.6) is 11.6 Å². The maximum atomic E-state index is 12.3. The lowest BCUT2D eigenvalue weighted by molar-refractivity contribution is 0.102. The van der Waals surface area contributed by atoms with Crippen LogP contribution in [-0.2, 0) is 0 Å². The zero-order chi connectivity index (χ0) is 16.4. The molecule has 2 aromatic heterocycles. The van der Waals surface area contributed by atoms with Crippen LogP contribution in [0.15, 0.2) is 54.0 Å². The number of aromatic nitrogens is 2. The van der Waals surface area contributed by atoms with Gasteiger partial charge in [-0.25, -0.2) is 9.97 Å². The molecule has 0 saturated heterocycles. The molecule has 1 N–H and O–H groups in total. The van der Waals surface area contributed by atoms with E-state index in [0.29, 0.717) is 28.2 Å². The van der Waals surface area contributed by atoms with E-state index in [1.807, 2.05) is 35.7 Å². The van der Waals surface area contributed by atoms with Crippen molar-refractivity contribution >= 4 is 22.4 Å². The number of thiazole rings is 1. The van der Waals surface area contributed by atoms with E-state index in [0.717, 1.165) is 5.69 Å². The molecule has 0 aliphatic heterocycles. The lowest BCUT2D eigenvalue weighted by atomic mass is 10.2. The number of amides is 1. The third-order valence-corrected chi connectivity index (χ3v) is 4.48. The second kappa shape index (κ2) is 6.41. The van der Waals surface area contributed by atoms with Crippen molar-refractivity contribution in [2.45, 2.75) is 18.8 Å². The van der Waals surface area contributed by atoms with Gasteiger partial charge in [0.2, 0.25) is 5.88 Å². The number of hydrogen-bond donors (Lipinski definition) is 1. The summed E-state index contributed by atoms with van der Waals surface area (Å²) in [5, 5.41) is 5.47. The fraction of sp³-hybridized carbons (Fsp3) is 0.167. The molecule has 0 unspecified atom stereocenters. The molecule has 0 spiro atoms. The van der Waals surface area contributed by atoms with E-state index in [2.05, 4.69) is 15.3 Å². The van der Waals surface area contributed by atoms with Crippen LogP contribution in [0.4, 0.5) is 5.13 Å². The molecule has 1 saturated carbocycles. The molecule has 3 aromatic rings. The topological polar surface area (TPSA) is 64.1 Å². The summed E-state index contributed by atoms with van der Waals surface area (Å²) in [6, 6.07) is 12.8. The van der Waals surface area contributed by atoms with E-state index in [9.17, 15) is 4.79 Å². The van der Waals surface area contributed by atoms with Gasteiger partial charge < -0.3 is 4.74 Å². The minimum Gasteiger partial charge on any atom is -0.439 e. The standard InChI is InChI=1S/C18H15N3O2S/c22-17(21-18-20-15(11-24-18)12-6-7-12)13-8-9-16(19-10-13)23-14-4-2-1-3-5-14/h1-5,8-12H,6-7H2,(H,20,21,22). The van der Waals surface area contributed by atoms with Gasteiger partial charge >= 0.3 is 0 Å². The van der Waals surface area contributed by atoms with Crippen molar-refractivity contribution in [3.8, 4) is 11.6 Å². The van der Waals surface area contributed by atoms with Crippen molar-refractivity contribution in [3.05, 3.63) is 65.3 Å². The van der Waals surface area contributed by atoms with Gasteiger partial charge in [-0.3, -0.25) is 10.1 Å². The first-order valence-corrected chi connectivity index (χ1v) is 8.61. The van der Waals surface area contributed by atoms with E-state index in [4.69, 9.17) is 4.74 Å². The average Bonchev–Trinajstić information content (AvgIpc) is 3.36. The van der Waals surface area contributed by atoms with Crippen LogP contribution in [0.25, 0.3) is 0 Å². The first-order chi connectivity index (χ1) is 11.8. The van der Waals surface area contributed by atoms with Gasteiger partial charge in [-0.1, -0.05) is 18.2 Å². The van der Waals surface area contributed by atoms with Crippen molar-refractivity contribution in [2.24, 2.45) is 0 Å². The minimum atomic E-state index is -0.217. The van der Waals surface area contributed by atoms with E-state index in [1.165, 1.54) is 30.4 Å². The van der Waals surface area contributed by atoms with Crippen LogP contribution >= 0.6 is 11.3 Å². The maximum Gasteiger partial charge on any atom is 0.259 e. The number of nitrogens with one attached hydrogen (secondary N) is 1. The third-order valence-electron chi connectivity index (χ3n) is 3.70. The predicted octanol–water partition coefficient (Wildman–Crippen LogP) is 4.46. The Balaban J connectivity index is 1.40. The monoisotopic (exact) mass is 337 g/mol. The van der Waals surface area contributed by atoms with Crippen molar-refractivity contribution < 1.29 is 9.53 Å². The number of benzene rings is 1. The average molecular weight is 337 g/mol. The molecule has 1 aromatic carbocycles. The smallest absolute Gasteiger partial charge is 0.259 e. The Kier molecular flexibility index (Phi) is 3.96. The summed E-state index contributed by atoms with van der Waals surface area (Å²) in [6.45, 7) is 0. The van der Waals surface area contributed by atoms with E-state index in [-0.39, 0.29) is 5.91 Å². The van der Waals surface area contributed by atoms with Crippen LogP contribution in [0, 0.1) is 0 Å². The minimum absolute atomic E-state index is 0.217. The highest BCUT2D eigenvalue weighted by molar-refractivity contribution is 7.14. The highest BCUT2D eigenvalue weighted by Gasteiger charge is 2.26. The van der Waals surface area contributed by atoms with Crippen LogP contribution in [0.2, 0.25) is 0 Å². The van der Waals surface area contributed by atoms with Crippen LogP contribution in [-0.4, -0.2) is 15.9 Å². The molecule has 120 valence electrons. The molecule has 0 radical (unpaired) electrons. The summed E-state index contributed by atoms with van der Waals surface area (Å²) in [5.74, 6) is 1.52. The quantitative estimate of drug-likeness (QED) is 0.746. The van der Waals surface area contributed by atoms with E-state index >= 15 is 0 Å². The number of carbonyl (C=O) groups excluding carboxylic acids is 1. The summed E-state index contributed by atoms with van der Waals surface area (Å²) in [6.07, 6.45) is 3.90. The van der Waals surface area contributed by atoms with Gasteiger partial charge in [0, 0.05) is 23.6 Å². The number of nitrogens with zero attached hydrogens (tertiary/aromatic N) is 2. The zero-order valence-electron chi connectivity index (χ0n) is 12.8. The summed E-state index contributed by atoms with van der Waals surface area (Å²) in [5.41, 5.74) is 1.55. The first-order valence-electron chi connectivity index (χ1n) is 7.74. The fourth-order valence-electron chi connectivity index (χ4n) is 2.26. The van der Waals surface area contributed by atoms with Gasteiger partial charge in [-0.05, 0) is 31.0 Å². The Hall–Kier alpha value is -2.73. The molecule has 1 amide bonds. The lowest BCUT2D eigenvalue weighted by Gasteiger charge is -2.05. The maximum absolute atomic E-state index is 12.3. The molecular formula is C18H15N3O2S. The molecule has 1 aliphatic carbocycles. The third kappa shape index (κ3) is 3.44. The van der Waals surface area contributed by atoms with Crippen LogP contribution < -0.4 is 10.1 Å². The molecule has 0 bridgehead atoms. The van der Waals surface area contributed by atoms with Crippen molar-refractivity contribution in [2.75, 3.05) is 5.32 Å². The Labute approximate surface area is 143 Å². The molecular weight excluding hydrogens is 322 g/mol. The molecule has 24 heavy (non-hydrogen) atoms. The normalized spacial score (nSPS) is 13.5. The second-order valence-electron chi connectivity index (χ2n) is 5.61. The molecule has 1 aliphatic rings. The second-order valence-corrected chi connectivity index (χ2v) is 6.46. The molecule has 6 heteroatoms. The van der Waals surface area contributed by atoms with Gasteiger partial charge in [0.25, 0.3) is 5.91 Å². The zero-order valence-corrected chi connectivity index (χ0v) is 13.6. The van der Waals surface area contributed by atoms with Gasteiger partial charge in [0.1, 0.15) is 5.75 Å². The van der Waals surface area contributed by atoms with Gasteiger partial charge in [-0.15, -0.1) is 11.3 Å². The highest BCUT2D eigenvalue weighted by Crippen LogP contribution is 2.40. The Morgan fingerprint density at radius 3 is 2.71 bits per heavy atom. The molecule has 2 heterocycles. The summed E-state index contributed by atoms with van der Waals surface area (Å²) < 4.78 is 5.61. The lowest BCUT2D eigenvalue weighted by Crippen LogP contribution is -2.12. The number of hydrogen-bond acceptors (Lipinski definition) is 5. The number of para-hydroxylation sites is 1. The van der Waals surface area contributed by atoms with Crippen molar-refractivity contribution in [1.82, 2.24) is 9.97 Å². The van der Waals surface area contributed by atoms with Gasteiger partial charge in [-0.2, -0.15) is 0 Å². The number of carbonyl (C=O) groups is 1. The van der Waals surface area contributed by atoms with Crippen molar-refractivity contribution in [3.63, 3.8) is 0 Å². The molecule has 4 rings (SSSR count). The highest BCUT2D eigenvalue weighted by atomic mass is 32.1. The molecule has 5 nitrogen and oxygen atoms in total. The Bertz CT molecular complexity index is 842. The SMILES string of the molecule is O=C(Nc1nc(C2CC2)cs1)c1ccc(Oc2ccccc2)nc1. The summed E-state index contributed by atoms with van der Waals surface area (Å²) in [4.78, 5) is 20.9. The van der Waals surface area contributed by atoms with Crippen LogP contribution in [0.3, 0.4) is 0 Å². The largest absolute Gasteiger partial charge is 0.439 e. The fourth-order valence-corrected chi connectivity index (χ4v) is 3.05. The van der Waals surface area contributed by atoms with E-state index < -0.39 is 0 Å². The Morgan fingerprint density at radius 1 is 1.17 bits per heavy atom. The van der Waals surface area contributed by atoms with Gasteiger partial charge in [0.15, 0.2) is 5.13 Å². The number of anilines is 1. The van der Waals surface area contributed by atoms with Crippen molar-refractivity contribution in [1.29, 1.82) is 0 Å². The van der Waals surface area contributed by atoms with Crippen LogP contribution in [0.1, 0.15) is 34.8 Å².